The molecule has 0 saturated heterocycles. The fraction of sp³-hybridized carbons (Fsp3) is 0.889. The Morgan fingerprint density at radius 2 is 2.31 bits per heavy atom. The summed E-state index contributed by atoms with van der Waals surface area (Å²) < 4.78 is 0. The van der Waals surface area contributed by atoms with E-state index in [1.54, 1.807) is 0 Å². The number of carbonyl (C=O) groups is 1. The van der Waals surface area contributed by atoms with Crippen molar-refractivity contribution in [1.82, 2.24) is 5.32 Å². The Balaban J connectivity index is 2.28. The molecule has 1 saturated carbocycles. The van der Waals surface area contributed by atoms with Crippen LogP contribution in [-0.4, -0.2) is 29.2 Å². The lowest BCUT2D eigenvalue weighted by Gasteiger charge is -2.42. The van der Waals surface area contributed by atoms with Crippen molar-refractivity contribution in [2.75, 3.05) is 6.54 Å². The van der Waals surface area contributed by atoms with Crippen LogP contribution < -0.4 is 11.1 Å². The number of nitrogens with one attached hydrogen (secondary N) is 1. The van der Waals surface area contributed by atoms with E-state index in [-0.39, 0.29) is 5.54 Å². The Morgan fingerprint density at radius 3 is 2.62 bits per heavy atom. The van der Waals surface area contributed by atoms with Crippen LogP contribution in [0.3, 0.4) is 0 Å². The number of carboxylic acid groups (broad SMARTS) is 1. The van der Waals surface area contributed by atoms with Crippen molar-refractivity contribution in [2.45, 2.75) is 44.2 Å². The molecule has 1 rings (SSSR count). The number of nitrogens with two attached hydrogens (primary N) is 1. The van der Waals surface area contributed by atoms with E-state index in [1.807, 2.05) is 0 Å². The summed E-state index contributed by atoms with van der Waals surface area (Å²) >= 11 is 0. The fourth-order valence-corrected chi connectivity index (χ4v) is 1.67. The SMILES string of the molecule is CCC1(NCC(N)C(=O)O)CCC1. The third-order valence-corrected chi connectivity index (χ3v) is 3.00. The fourth-order valence-electron chi connectivity index (χ4n) is 1.67. The molecule has 0 radical (unpaired) electrons. The molecule has 0 spiro atoms. The van der Waals surface area contributed by atoms with E-state index < -0.39 is 12.0 Å². The summed E-state index contributed by atoms with van der Waals surface area (Å²) in [6.07, 6.45) is 4.59. The van der Waals surface area contributed by atoms with Crippen molar-refractivity contribution < 1.29 is 9.90 Å². The van der Waals surface area contributed by atoms with Gasteiger partial charge in [0.05, 0.1) is 0 Å². The van der Waals surface area contributed by atoms with E-state index in [1.165, 1.54) is 6.42 Å². The zero-order valence-corrected chi connectivity index (χ0v) is 8.05. The predicted molar refractivity (Wildman–Crippen MR) is 50.5 cm³/mol. The van der Waals surface area contributed by atoms with Gasteiger partial charge in [-0.25, -0.2) is 0 Å². The minimum absolute atomic E-state index is 0.188. The van der Waals surface area contributed by atoms with Gasteiger partial charge in [0.1, 0.15) is 6.04 Å². The topological polar surface area (TPSA) is 75.3 Å². The highest BCUT2D eigenvalue weighted by Gasteiger charge is 2.34. The first-order valence-corrected chi connectivity index (χ1v) is 4.83. The maximum Gasteiger partial charge on any atom is 0.321 e. The highest BCUT2D eigenvalue weighted by atomic mass is 16.4. The first-order valence-electron chi connectivity index (χ1n) is 4.83. The van der Waals surface area contributed by atoms with E-state index in [9.17, 15) is 4.79 Å². The smallest absolute Gasteiger partial charge is 0.321 e. The summed E-state index contributed by atoms with van der Waals surface area (Å²) in [5.74, 6) is -0.932. The molecule has 76 valence electrons. The van der Waals surface area contributed by atoms with Crippen LogP contribution in [0.1, 0.15) is 32.6 Å². The normalized spacial score (nSPS) is 22.0. The molecule has 4 N–H and O–H groups in total. The van der Waals surface area contributed by atoms with Gasteiger partial charge in [0, 0.05) is 12.1 Å². The van der Waals surface area contributed by atoms with E-state index in [2.05, 4.69) is 12.2 Å². The number of carboxylic acids is 1. The molecule has 0 aromatic heterocycles. The van der Waals surface area contributed by atoms with Gasteiger partial charge in [-0.05, 0) is 25.7 Å². The first-order chi connectivity index (χ1) is 6.09. The maximum absolute atomic E-state index is 10.4. The number of hydrogen-bond acceptors (Lipinski definition) is 3. The third kappa shape index (κ3) is 2.42. The molecule has 1 aliphatic carbocycles. The molecule has 4 nitrogen and oxygen atoms in total. The lowest BCUT2D eigenvalue weighted by molar-refractivity contribution is -0.138. The summed E-state index contributed by atoms with van der Waals surface area (Å²) in [6.45, 7) is 2.50. The summed E-state index contributed by atoms with van der Waals surface area (Å²) in [7, 11) is 0. The van der Waals surface area contributed by atoms with E-state index in [0.717, 1.165) is 19.3 Å². The zero-order valence-electron chi connectivity index (χ0n) is 8.05. The molecular weight excluding hydrogens is 168 g/mol. The Kier molecular flexibility index (Phi) is 3.27. The monoisotopic (exact) mass is 186 g/mol. The van der Waals surface area contributed by atoms with Crippen molar-refractivity contribution in [3.8, 4) is 0 Å². The Labute approximate surface area is 78.5 Å². The second kappa shape index (κ2) is 4.07. The standard InChI is InChI=1S/C9H18N2O2/c1-2-9(4-3-5-9)11-6-7(10)8(12)13/h7,11H,2-6,10H2,1H3,(H,12,13). The van der Waals surface area contributed by atoms with Gasteiger partial charge in [-0.3, -0.25) is 4.79 Å². The highest BCUT2D eigenvalue weighted by Crippen LogP contribution is 2.34. The second-order valence-corrected chi connectivity index (χ2v) is 3.81. The number of aliphatic carboxylic acids is 1. The van der Waals surface area contributed by atoms with Crippen molar-refractivity contribution in [3.63, 3.8) is 0 Å². The maximum atomic E-state index is 10.4. The lowest BCUT2D eigenvalue weighted by Crippen LogP contribution is -2.55. The van der Waals surface area contributed by atoms with Crippen LogP contribution in [0.4, 0.5) is 0 Å². The quantitative estimate of drug-likeness (QED) is 0.578. The van der Waals surface area contributed by atoms with E-state index >= 15 is 0 Å². The molecule has 1 atom stereocenters. The predicted octanol–water partition coefficient (Wildman–Crippen LogP) is 0.321. The average Bonchev–Trinajstić information content (AvgIpc) is 2.02. The molecule has 0 aromatic carbocycles. The Morgan fingerprint density at radius 1 is 1.69 bits per heavy atom. The van der Waals surface area contributed by atoms with Crippen LogP contribution in [0.25, 0.3) is 0 Å². The Hall–Kier alpha value is -0.610. The van der Waals surface area contributed by atoms with Crippen LogP contribution in [0.15, 0.2) is 0 Å². The van der Waals surface area contributed by atoms with Crippen LogP contribution in [0, 0.1) is 0 Å². The van der Waals surface area contributed by atoms with Crippen LogP contribution in [-0.2, 0) is 4.79 Å². The van der Waals surface area contributed by atoms with Gasteiger partial charge >= 0.3 is 5.97 Å². The van der Waals surface area contributed by atoms with Crippen molar-refractivity contribution in [1.29, 1.82) is 0 Å². The highest BCUT2D eigenvalue weighted by molar-refractivity contribution is 5.73. The molecule has 0 aliphatic heterocycles. The summed E-state index contributed by atoms with van der Waals surface area (Å²) in [5.41, 5.74) is 5.58. The van der Waals surface area contributed by atoms with Gasteiger partial charge in [-0.1, -0.05) is 6.92 Å². The number of hydrogen-bond donors (Lipinski definition) is 3. The number of rotatable bonds is 5. The van der Waals surface area contributed by atoms with Crippen LogP contribution >= 0.6 is 0 Å². The molecular formula is C9H18N2O2. The molecule has 0 heterocycles. The molecule has 0 amide bonds. The lowest BCUT2D eigenvalue weighted by atomic mass is 9.75. The molecule has 4 heteroatoms. The van der Waals surface area contributed by atoms with Crippen LogP contribution in [0.2, 0.25) is 0 Å². The average molecular weight is 186 g/mol. The second-order valence-electron chi connectivity index (χ2n) is 3.81. The van der Waals surface area contributed by atoms with Crippen LogP contribution in [0.5, 0.6) is 0 Å². The molecule has 0 bridgehead atoms. The van der Waals surface area contributed by atoms with Gasteiger partial charge in [0.15, 0.2) is 0 Å². The largest absolute Gasteiger partial charge is 0.480 e. The molecule has 1 unspecified atom stereocenters. The minimum Gasteiger partial charge on any atom is -0.480 e. The van der Waals surface area contributed by atoms with E-state index in [0.29, 0.717) is 6.54 Å². The van der Waals surface area contributed by atoms with Gasteiger partial charge in [0.25, 0.3) is 0 Å². The van der Waals surface area contributed by atoms with Crippen molar-refractivity contribution in [3.05, 3.63) is 0 Å². The first kappa shape index (κ1) is 10.5. The molecule has 1 aliphatic rings. The Bertz CT molecular complexity index is 185. The minimum atomic E-state index is -0.932. The molecule has 1 fully saturated rings. The third-order valence-electron chi connectivity index (χ3n) is 3.00. The zero-order chi connectivity index (χ0) is 9.90. The summed E-state index contributed by atoms with van der Waals surface area (Å²) in [5, 5.41) is 11.8. The van der Waals surface area contributed by atoms with Crippen molar-refractivity contribution >= 4 is 5.97 Å². The van der Waals surface area contributed by atoms with Gasteiger partial charge < -0.3 is 16.2 Å². The van der Waals surface area contributed by atoms with E-state index in [4.69, 9.17) is 10.8 Å². The van der Waals surface area contributed by atoms with Gasteiger partial charge in [-0.2, -0.15) is 0 Å². The summed E-state index contributed by atoms with van der Waals surface area (Å²) in [4.78, 5) is 10.4. The van der Waals surface area contributed by atoms with Crippen molar-refractivity contribution in [2.24, 2.45) is 5.73 Å². The van der Waals surface area contributed by atoms with Gasteiger partial charge in [0.2, 0.25) is 0 Å². The molecule has 0 aromatic rings. The summed E-state index contributed by atoms with van der Waals surface area (Å²) in [6, 6.07) is -0.774. The molecule has 13 heavy (non-hydrogen) atoms. The van der Waals surface area contributed by atoms with Gasteiger partial charge in [-0.15, -0.1) is 0 Å².